The van der Waals surface area contributed by atoms with Crippen molar-refractivity contribution in [2.24, 2.45) is 5.14 Å². The number of rotatable bonds is 5. The van der Waals surface area contributed by atoms with Gasteiger partial charge in [0.05, 0.1) is 4.90 Å². The summed E-state index contributed by atoms with van der Waals surface area (Å²) in [4.78, 5) is 11.7. The van der Waals surface area contributed by atoms with E-state index in [-0.39, 0.29) is 22.5 Å². The molecule has 0 saturated heterocycles. The Kier molecular flexibility index (Phi) is 4.96. The fourth-order valence-electron chi connectivity index (χ4n) is 1.59. The number of hydrogen-bond donors (Lipinski definition) is 4. The van der Waals surface area contributed by atoms with Crippen LogP contribution >= 0.6 is 0 Å². The highest BCUT2D eigenvalue weighted by Crippen LogP contribution is 2.20. The lowest BCUT2D eigenvalue weighted by Crippen LogP contribution is -2.41. The Morgan fingerprint density at radius 1 is 1.20 bits per heavy atom. The molecule has 0 aliphatic rings. The monoisotopic (exact) mass is 300 g/mol. The molecule has 20 heavy (non-hydrogen) atoms. The number of hydrogen-bond acceptors (Lipinski definition) is 5. The molecule has 0 radical (unpaired) electrons. The summed E-state index contributed by atoms with van der Waals surface area (Å²) in [7, 11) is -3.84. The summed E-state index contributed by atoms with van der Waals surface area (Å²) in [6.07, 6.45) is 0. The summed E-state index contributed by atoms with van der Waals surface area (Å²) in [5.74, 6) is -0.195. The van der Waals surface area contributed by atoms with Crippen LogP contribution in [0.1, 0.15) is 20.8 Å². The van der Waals surface area contributed by atoms with Gasteiger partial charge in [0.15, 0.2) is 0 Å². The summed E-state index contributed by atoms with van der Waals surface area (Å²) >= 11 is 0. The predicted molar refractivity (Wildman–Crippen MR) is 78.6 cm³/mol. The second-order valence-electron chi connectivity index (χ2n) is 4.87. The maximum Gasteiger partial charge on any atom is 0.242 e. The van der Waals surface area contributed by atoms with Crippen molar-refractivity contribution in [3.05, 3.63) is 18.2 Å². The number of anilines is 2. The fraction of sp³-hybridized carbons (Fsp3) is 0.417. The Hall–Kier alpha value is -1.80. The number of carbonyl (C=O) groups is 1. The van der Waals surface area contributed by atoms with Gasteiger partial charge in [-0.15, -0.1) is 0 Å². The second-order valence-corrected chi connectivity index (χ2v) is 6.43. The van der Waals surface area contributed by atoms with Crippen LogP contribution in [0.15, 0.2) is 23.1 Å². The van der Waals surface area contributed by atoms with E-state index in [1.54, 1.807) is 6.92 Å². The summed E-state index contributed by atoms with van der Waals surface area (Å²) in [6.45, 7) is 5.37. The molecular weight excluding hydrogens is 280 g/mol. The van der Waals surface area contributed by atoms with Crippen molar-refractivity contribution in [3.63, 3.8) is 0 Å². The topological polar surface area (TPSA) is 127 Å². The summed E-state index contributed by atoms with van der Waals surface area (Å²) in [5, 5.41) is 10.7. The van der Waals surface area contributed by atoms with Crippen LogP contribution in [-0.2, 0) is 14.8 Å². The largest absolute Gasteiger partial charge is 0.399 e. The van der Waals surface area contributed by atoms with Gasteiger partial charge in [-0.2, -0.15) is 0 Å². The average molecular weight is 300 g/mol. The van der Waals surface area contributed by atoms with Gasteiger partial charge in [-0.25, -0.2) is 13.6 Å². The fourth-order valence-corrected chi connectivity index (χ4v) is 2.19. The Balaban J connectivity index is 2.93. The molecule has 1 atom stereocenters. The second kappa shape index (κ2) is 6.10. The van der Waals surface area contributed by atoms with Gasteiger partial charge in [-0.05, 0) is 39.0 Å². The lowest BCUT2D eigenvalue weighted by atomic mass is 10.2. The number of nitrogens with two attached hydrogens (primary N) is 2. The third kappa shape index (κ3) is 4.71. The van der Waals surface area contributed by atoms with E-state index in [4.69, 9.17) is 10.9 Å². The van der Waals surface area contributed by atoms with Gasteiger partial charge in [-0.1, -0.05) is 0 Å². The lowest BCUT2D eigenvalue weighted by Gasteiger charge is -2.17. The molecule has 0 heterocycles. The molecule has 0 spiro atoms. The van der Waals surface area contributed by atoms with Gasteiger partial charge >= 0.3 is 0 Å². The summed E-state index contributed by atoms with van der Waals surface area (Å²) in [5.41, 5.74) is 6.29. The highest BCUT2D eigenvalue weighted by atomic mass is 32.2. The molecule has 1 aromatic rings. The van der Waals surface area contributed by atoms with Crippen molar-refractivity contribution in [1.29, 1.82) is 0 Å². The van der Waals surface area contributed by atoms with Crippen molar-refractivity contribution in [3.8, 4) is 0 Å². The van der Waals surface area contributed by atoms with E-state index in [1.165, 1.54) is 18.2 Å². The van der Waals surface area contributed by atoms with Crippen LogP contribution in [0.3, 0.4) is 0 Å². The summed E-state index contributed by atoms with van der Waals surface area (Å²) in [6, 6.07) is 3.62. The van der Waals surface area contributed by atoms with Gasteiger partial charge in [-0.3, -0.25) is 4.79 Å². The standard InChI is InChI=1S/C12H20N4O3S/c1-7(2)15-12(17)8(3)16-10-4-9(13)5-11(6-10)20(14,18)19/h4-8,16H,13H2,1-3H3,(H,15,17)(H2,14,18,19). The minimum absolute atomic E-state index is 0.0209. The van der Waals surface area contributed by atoms with Gasteiger partial charge < -0.3 is 16.4 Å². The molecule has 0 aromatic heterocycles. The molecule has 0 fully saturated rings. The zero-order valence-corrected chi connectivity index (χ0v) is 12.5. The molecule has 112 valence electrons. The third-order valence-electron chi connectivity index (χ3n) is 2.46. The molecule has 1 aromatic carbocycles. The Labute approximate surface area is 118 Å². The van der Waals surface area contributed by atoms with E-state index < -0.39 is 16.1 Å². The number of benzene rings is 1. The molecule has 1 unspecified atom stereocenters. The number of nitrogens with one attached hydrogen (secondary N) is 2. The van der Waals surface area contributed by atoms with Crippen molar-refractivity contribution in [1.82, 2.24) is 5.32 Å². The van der Waals surface area contributed by atoms with Crippen LogP contribution in [0.4, 0.5) is 11.4 Å². The maximum atomic E-state index is 11.8. The maximum absolute atomic E-state index is 11.8. The molecule has 0 aliphatic carbocycles. The van der Waals surface area contributed by atoms with E-state index in [9.17, 15) is 13.2 Å². The highest BCUT2D eigenvalue weighted by molar-refractivity contribution is 7.89. The Bertz CT molecular complexity index is 599. The first kappa shape index (κ1) is 16.3. The van der Waals surface area contributed by atoms with Crippen LogP contribution in [-0.4, -0.2) is 26.4 Å². The van der Waals surface area contributed by atoms with E-state index in [0.717, 1.165) is 0 Å². The van der Waals surface area contributed by atoms with Crippen molar-refractivity contribution in [2.75, 3.05) is 11.1 Å². The van der Waals surface area contributed by atoms with Crippen LogP contribution in [0.2, 0.25) is 0 Å². The molecule has 0 aliphatic heterocycles. The zero-order valence-electron chi connectivity index (χ0n) is 11.7. The lowest BCUT2D eigenvalue weighted by molar-refractivity contribution is -0.122. The smallest absolute Gasteiger partial charge is 0.242 e. The molecule has 1 rings (SSSR count). The molecule has 0 bridgehead atoms. The number of sulfonamides is 1. The van der Waals surface area contributed by atoms with Crippen molar-refractivity contribution in [2.45, 2.75) is 37.8 Å². The van der Waals surface area contributed by atoms with E-state index in [2.05, 4.69) is 10.6 Å². The highest BCUT2D eigenvalue weighted by Gasteiger charge is 2.15. The predicted octanol–water partition coefficient (Wildman–Crippen LogP) is 0.241. The average Bonchev–Trinajstić information content (AvgIpc) is 2.25. The minimum Gasteiger partial charge on any atom is -0.399 e. The first-order chi connectivity index (χ1) is 9.09. The normalized spacial score (nSPS) is 13.1. The molecule has 6 N–H and O–H groups in total. The van der Waals surface area contributed by atoms with Gasteiger partial charge in [0.2, 0.25) is 15.9 Å². The molecule has 0 saturated carbocycles. The van der Waals surface area contributed by atoms with Gasteiger partial charge in [0.1, 0.15) is 6.04 Å². The first-order valence-electron chi connectivity index (χ1n) is 6.10. The van der Waals surface area contributed by atoms with Crippen LogP contribution in [0.25, 0.3) is 0 Å². The molecular formula is C12H20N4O3S. The number of amides is 1. The minimum atomic E-state index is -3.84. The van der Waals surface area contributed by atoms with Gasteiger partial charge in [0, 0.05) is 17.4 Å². The zero-order chi connectivity index (χ0) is 15.5. The van der Waals surface area contributed by atoms with Crippen molar-refractivity contribution >= 4 is 27.3 Å². The molecule has 8 heteroatoms. The van der Waals surface area contributed by atoms with Crippen LogP contribution in [0.5, 0.6) is 0 Å². The molecule has 1 amide bonds. The number of carbonyl (C=O) groups excluding carboxylic acids is 1. The van der Waals surface area contributed by atoms with Crippen molar-refractivity contribution < 1.29 is 13.2 Å². The van der Waals surface area contributed by atoms with Crippen LogP contribution in [0, 0.1) is 0 Å². The van der Waals surface area contributed by atoms with Gasteiger partial charge in [0.25, 0.3) is 0 Å². The Morgan fingerprint density at radius 3 is 2.30 bits per heavy atom. The SMILES string of the molecule is CC(C)NC(=O)C(C)Nc1cc(N)cc(S(N)(=O)=O)c1. The first-order valence-corrected chi connectivity index (χ1v) is 7.64. The van der Waals surface area contributed by atoms with Crippen LogP contribution < -0.4 is 21.5 Å². The Morgan fingerprint density at radius 2 is 1.80 bits per heavy atom. The van der Waals surface area contributed by atoms with E-state index in [0.29, 0.717) is 5.69 Å². The number of primary sulfonamides is 1. The third-order valence-corrected chi connectivity index (χ3v) is 3.36. The molecule has 7 nitrogen and oxygen atoms in total. The summed E-state index contributed by atoms with van der Waals surface area (Å²) < 4.78 is 22.6. The van der Waals surface area contributed by atoms with E-state index >= 15 is 0 Å². The quantitative estimate of drug-likeness (QED) is 0.579. The van der Waals surface area contributed by atoms with E-state index in [1.807, 2.05) is 13.8 Å². The number of nitrogen functional groups attached to an aromatic ring is 1.